The molecule has 2 rings (SSSR count). The highest BCUT2D eigenvalue weighted by Crippen LogP contribution is 2.21. The van der Waals surface area contributed by atoms with Gasteiger partial charge in [-0.1, -0.05) is 0 Å². The number of aryl methyl sites for hydroxylation is 2. The molecule has 0 bridgehead atoms. The molecule has 2 heterocycles. The molecule has 0 aliphatic rings. The highest BCUT2D eigenvalue weighted by molar-refractivity contribution is 5.76. The summed E-state index contributed by atoms with van der Waals surface area (Å²) in [5.74, 6) is 1.68. The Labute approximate surface area is 99.5 Å². The number of nitrogens with zero attached hydrogens (tertiary/aromatic N) is 2. The van der Waals surface area contributed by atoms with E-state index in [1.165, 1.54) is 10.9 Å². The van der Waals surface area contributed by atoms with Gasteiger partial charge in [0.1, 0.15) is 17.8 Å². The Bertz CT molecular complexity index is 514. The maximum absolute atomic E-state index is 11.8. The van der Waals surface area contributed by atoms with Crippen LogP contribution in [0.4, 0.5) is 4.79 Å². The predicted molar refractivity (Wildman–Crippen MR) is 62.8 cm³/mol. The summed E-state index contributed by atoms with van der Waals surface area (Å²) in [5.41, 5.74) is 0.996. The maximum atomic E-state index is 11.8. The van der Waals surface area contributed by atoms with E-state index in [9.17, 15) is 4.79 Å². The van der Waals surface area contributed by atoms with Gasteiger partial charge in [0.2, 0.25) is 0 Å². The first kappa shape index (κ1) is 11.4. The monoisotopic (exact) mass is 233 g/mol. The van der Waals surface area contributed by atoms with Gasteiger partial charge in [0.05, 0.1) is 6.04 Å². The molecule has 1 amide bonds. The van der Waals surface area contributed by atoms with Crippen LogP contribution in [0.2, 0.25) is 0 Å². The molecule has 2 aromatic rings. The summed E-state index contributed by atoms with van der Waals surface area (Å²) in [4.78, 5) is 15.6. The van der Waals surface area contributed by atoms with Crippen molar-refractivity contribution in [2.24, 2.45) is 0 Å². The van der Waals surface area contributed by atoms with Crippen molar-refractivity contribution in [1.82, 2.24) is 14.9 Å². The standard InChI is InChI=1S/C12H15N3O2/c1-8-6-11(10(3)17-8)9(2)14-12(16)15-5-4-13-7-15/h4-7,9H,1-3H3,(H,14,16). The third-order valence-electron chi connectivity index (χ3n) is 2.62. The molecular formula is C12H15N3O2. The van der Waals surface area contributed by atoms with Gasteiger partial charge in [-0.2, -0.15) is 0 Å². The van der Waals surface area contributed by atoms with Gasteiger partial charge in [-0.25, -0.2) is 9.78 Å². The first-order valence-electron chi connectivity index (χ1n) is 5.43. The topological polar surface area (TPSA) is 60.1 Å². The summed E-state index contributed by atoms with van der Waals surface area (Å²) in [7, 11) is 0. The Kier molecular flexibility index (Phi) is 2.99. The van der Waals surface area contributed by atoms with Crippen molar-refractivity contribution in [1.29, 1.82) is 0 Å². The van der Waals surface area contributed by atoms with Gasteiger partial charge in [-0.05, 0) is 26.8 Å². The molecule has 1 unspecified atom stereocenters. The average molecular weight is 233 g/mol. The Hall–Kier alpha value is -2.04. The largest absolute Gasteiger partial charge is 0.466 e. The highest BCUT2D eigenvalue weighted by Gasteiger charge is 2.15. The molecule has 1 atom stereocenters. The van der Waals surface area contributed by atoms with Crippen molar-refractivity contribution in [3.63, 3.8) is 0 Å². The molecule has 0 fully saturated rings. The molecule has 0 saturated carbocycles. The SMILES string of the molecule is Cc1cc(C(C)NC(=O)n2ccnc2)c(C)o1. The fourth-order valence-corrected chi connectivity index (χ4v) is 1.80. The summed E-state index contributed by atoms with van der Waals surface area (Å²) in [6.07, 6.45) is 4.64. The summed E-state index contributed by atoms with van der Waals surface area (Å²) in [6, 6.07) is 1.64. The van der Waals surface area contributed by atoms with E-state index in [2.05, 4.69) is 10.3 Å². The first-order chi connectivity index (χ1) is 8.08. The lowest BCUT2D eigenvalue weighted by molar-refractivity contribution is 0.239. The van der Waals surface area contributed by atoms with Gasteiger partial charge >= 0.3 is 6.03 Å². The van der Waals surface area contributed by atoms with E-state index < -0.39 is 0 Å². The lowest BCUT2D eigenvalue weighted by Gasteiger charge is -2.12. The van der Waals surface area contributed by atoms with Crippen molar-refractivity contribution in [3.8, 4) is 0 Å². The van der Waals surface area contributed by atoms with E-state index in [-0.39, 0.29) is 12.1 Å². The quantitative estimate of drug-likeness (QED) is 0.866. The number of carbonyl (C=O) groups is 1. The smallest absolute Gasteiger partial charge is 0.327 e. The van der Waals surface area contributed by atoms with E-state index in [0.717, 1.165) is 17.1 Å². The molecule has 0 spiro atoms. The predicted octanol–water partition coefficient (Wildman–Crippen LogP) is 2.41. The molecule has 0 aliphatic carbocycles. The molecule has 0 aliphatic heterocycles. The molecule has 5 heteroatoms. The Balaban J connectivity index is 2.09. The third kappa shape index (κ3) is 2.38. The molecule has 90 valence electrons. The third-order valence-corrected chi connectivity index (χ3v) is 2.62. The van der Waals surface area contributed by atoms with Crippen LogP contribution in [0.3, 0.4) is 0 Å². The van der Waals surface area contributed by atoms with Crippen LogP contribution < -0.4 is 5.32 Å². The molecule has 0 radical (unpaired) electrons. The number of rotatable bonds is 2. The van der Waals surface area contributed by atoms with Crippen LogP contribution in [0.15, 0.2) is 29.2 Å². The fourth-order valence-electron chi connectivity index (χ4n) is 1.80. The van der Waals surface area contributed by atoms with Gasteiger partial charge in [-0.3, -0.25) is 4.57 Å². The molecule has 0 saturated heterocycles. The zero-order valence-corrected chi connectivity index (χ0v) is 10.1. The van der Waals surface area contributed by atoms with Crippen molar-refractivity contribution in [2.75, 3.05) is 0 Å². The van der Waals surface area contributed by atoms with Gasteiger partial charge in [-0.15, -0.1) is 0 Å². The van der Waals surface area contributed by atoms with Crippen LogP contribution in [-0.4, -0.2) is 15.6 Å². The minimum atomic E-state index is -0.201. The Morgan fingerprint density at radius 1 is 1.53 bits per heavy atom. The fraction of sp³-hybridized carbons (Fsp3) is 0.333. The van der Waals surface area contributed by atoms with Crippen LogP contribution in [0, 0.1) is 13.8 Å². The van der Waals surface area contributed by atoms with Crippen LogP contribution in [-0.2, 0) is 0 Å². The average Bonchev–Trinajstić information content (AvgIpc) is 2.87. The summed E-state index contributed by atoms with van der Waals surface area (Å²) in [6.45, 7) is 5.70. The molecule has 5 nitrogen and oxygen atoms in total. The normalized spacial score (nSPS) is 12.4. The number of amides is 1. The van der Waals surface area contributed by atoms with E-state index in [1.807, 2.05) is 26.8 Å². The molecular weight excluding hydrogens is 218 g/mol. The number of furan rings is 1. The lowest BCUT2D eigenvalue weighted by atomic mass is 10.1. The zero-order valence-electron chi connectivity index (χ0n) is 10.1. The first-order valence-corrected chi connectivity index (χ1v) is 5.43. The van der Waals surface area contributed by atoms with Crippen LogP contribution in [0.5, 0.6) is 0 Å². The van der Waals surface area contributed by atoms with E-state index in [4.69, 9.17) is 4.42 Å². The maximum Gasteiger partial charge on any atom is 0.327 e. The highest BCUT2D eigenvalue weighted by atomic mass is 16.3. The minimum Gasteiger partial charge on any atom is -0.466 e. The zero-order chi connectivity index (χ0) is 12.4. The summed E-state index contributed by atoms with van der Waals surface area (Å²) in [5, 5.41) is 2.88. The second-order valence-electron chi connectivity index (χ2n) is 4.01. The number of aromatic nitrogens is 2. The van der Waals surface area contributed by atoms with E-state index >= 15 is 0 Å². The van der Waals surface area contributed by atoms with E-state index in [0.29, 0.717) is 0 Å². The Morgan fingerprint density at radius 3 is 2.82 bits per heavy atom. The van der Waals surface area contributed by atoms with Gasteiger partial charge in [0.15, 0.2) is 0 Å². The van der Waals surface area contributed by atoms with Crippen molar-refractivity contribution in [2.45, 2.75) is 26.8 Å². The summed E-state index contributed by atoms with van der Waals surface area (Å²) < 4.78 is 6.84. The Morgan fingerprint density at radius 2 is 2.29 bits per heavy atom. The lowest BCUT2D eigenvalue weighted by Crippen LogP contribution is -2.30. The van der Waals surface area contributed by atoms with E-state index in [1.54, 1.807) is 12.4 Å². The number of imidazole rings is 1. The second kappa shape index (κ2) is 4.45. The van der Waals surface area contributed by atoms with Gasteiger partial charge in [0, 0.05) is 18.0 Å². The molecule has 17 heavy (non-hydrogen) atoms. The van der Waals surface area contributed by atoms with Crippen molar-refractivity contribution < 1.29 is 9.21 Å². The molecule has 2 aromatic heterocycles. The van der Waals surface area contributed by atoms with Crippen LogP contribution in [0.1, 0.15) is 30.0 Å². The summed E-state index contributed by atoms with van der Waals surface area (Å²) >= 11 is 0. The van der Waals surface area contributed by atoms with Crippen molar-refractivity contribution >= 4 is 6.03 Å². The number of nitrogens with one attached hydrogen (secondary N) is 1. The number of hydrogen-bond donors (Lipinski definition) is 1. The van der Waals surface area contributed by atoms with Crippen LogP contribution >= 0.6 is 0 Å². The number of carbonyl (C=O) groups excluding carboxylic acids is 1. The second-order valence-corrected chi connectivity index (χ2v) is 4.01. The van der Waals surface area contributed by atoms with Gasteiger partial charge < -0.3 is 9.73 Å². The van der Waals surface area contributed by atoms with Gasteiger partial charge in [0.25, 0.3) is 0 Å². The minimum absolute atomic E-state index is 0.0950. The molecule has 1 N–H and O–H groups in total. The number of hydrogen-bond acceptors (Lipinski definition) is 3. The van der Waals surface area contributed by atoms with Crippen LogP contribution in [0.25, 0.3) is 0 Å². The van der Waals surface area contributed by atoms with Crippen molar-refractivity contribution in [3.05, 3.63) is 41.9 Å². The molecule has 0 aromatic carbocycles.